The van der Waals surface area contributed by atoms with E-state index in [1.54, 1.807) is 30.1 Å². The van der Waals surface area contributed by atoms with Crippen molar-refractivity contribution >= 4 is 5.82 Å². The Bertz CT molecular complexity index is 1190. The van der Waals surface area contributed by atoms with Crippen LogP contribution >= 0.6 is 0 Å². The molecule has 5 rings (SSSR count). The summed E-state index contributed by atoms with van der Waals surface area (Å²) < 4.78 is 29.6. The molecular weight excluding hydrogens is 418 g/mol. The molecule has 9 nitrogen and oxygen atoms in total. The monoisotopic (exact) mass is 438 g/mol. The number of aromatic nitrogens is 5. The van der Waals surface area contributed by atoms with Crippen LogP contribution in [0.15, 0.2) is 30.6 Å². The largest absolute Gasteiger partial charge is 0.507 e. The van der Waals surface area contributed by atoms with Gasteiger partial charge in [0.05, 0.1) is 29.7 Å². The normalized spacial score (nSPS) is 24.3. The Morgan fingerprint density at radius 3 is 2.84 bits per heavy atom. The summed E-state index contributed by atoms with van der Waals surface area (Å²) in [5.41, 5.74) is 0.357. The molecule has 1 aromatic carbocycles. The number of fused-ring (bicyclic) bond motifs is 2. The number of hydrogen-bond donors (Lipinski definition) is 2. The first-order valence-corrected chi connectivity index (χ1v) is 10.3. The van der Waals surface area contributed by atoms with E-state index >= 15 is 0 Å². The summed E-state index contributed by atoms with van der Waals surface area (Å²) in [7, 11) is 1.79. The molecule has 0 spiro atoms. The number of nitrogens with zero attached hydrogens (tertiary/aromatic N) is 7. The van der Waals surface area contributed by atoms with E-state index in [1.165, 1.54) is 12.3 Å². The fourth-order valence-corrected chi connectivity index (χ4v) is 4.49. The SMILES string of the molecule is CN(c1cnc(-c2ccc(-n3cc(F)c(C#N)n3)cc2O)nn1)[C@H]1C[C@H]2CC[C@H](N2)[C@H]1F. The zero-order chi connectivity index (χ0) is 22.4. The van der Waals surface area contributed by atoms with Gasteiger partial charge in [-0.2, -0.15) is 10.4 Å². The highest BCUT2D eigenvalue weighted by Gasteiger charge is 2.43. The van der Waals surface area contributed by atoms with Gasteiger partial charge in [-0.15, -0.1) is 10.2 Å². The minimum atomic E-state index is -0.995. The smallest absolute Gasteiger partial charge is 0.198 e. The van der Waals surface area contributed by atoms with E-state index in [4.69, 9.17) is 5.26 Å². The van der Waals surface area contributed by atoms with Crippen LogP contribution in [0.2, 0.25) is 0 Å². The number of anilines is 1. The van der Waals surface area contributed by atoms with Gasteiger partial charge in [0.1, 0.15) is 18.0 Å². The Morgan fingerprint density at radius 1 is 1.31 bits per heavy atom. The second-order valence-electron chi connectivity index (χ2n) is 8.13. The molecule has 2 fully saturated rings. The maximum atomic E-state index is 14.8. The molecule has 0 unspecified atom stereocenters. The number of alkyl halides is 1. The quantitative estimate of drug-likeness (QED) is 0.636. The zero-order valence-corrected chi connectivity index (χ0v) is 17.2. The first kappa shape index (κ1) is 20.3. The number of hydrogen-bond acceptors (Lipinski definition) is 8. The van der Waals surface area contributed by atoms with E-state index in [0.717, 1.165) is 23.7 Å². The van der Waals surface area contributed by atoms with Crippen molar-refractivity contribution in [2.75, 3.05) is 11.9 Å². The van der Waals surface area contributed by atoms with Crippen LogP contribution < -0.4 is 10.2 Å². The number of aromatic hydroxyl groups is 1. The lowest BCUT2D eigenvalue weighted by atomic mass is 9.96. The van der Waals surface area contributed by atoms with Gasteiger partial charge in [0.25, 0.3) is 0 Å². The molecule has 2 aliphatic rings. The topological polar surface area (TPSA) is 116 Å². The van der Waals surface area contributed by atoms with Crippen LogP contribution in [0.4, 0.5) is 14.6 Å². The van der Waals surface area contributed by atoms with Gasteiger partial charge in [-0.3, -0.25) is 0 Å². The number of phenolic OH excluding ortho intramolecular Hbond substituents is 1. The third kappa shape index (κ3) is 3.42. The third-order valence-corrected chi connectivity index (χ3v) is 6.22. The van der Waals surface area contributed by atoms with Gasteiger partial charge in [-0.05, 0) is 31.4 Å². The summed E-state index contributed by atoms with van der Waals surface area (Å²) >= 11 is 0. The number of piperidine rings is 1. The second kappa shape index (κ2) is 7.80. The molecule has 0 aliphatic carbocycles. The third-order valence-electron chi connectivity index (χ3n) is 6.22. The summed E-state index contributed by atoms with van der Waals surface area (Å²) in [4.78, 5) is 6.08. The Balaban J connectivity index is 1.36. The zero-order valence-electron chi connectivity index (χ0n) is 17.2. The molecule has 4 atom stereocenters. The Kier molecular flexibility index (Phi) is 4.94. The summed E-state index contributed by atoms with van der Waals surface area (Å²) in [5, 5.41) is 34.7. The van der Waals surface area contributed by atoms with Crippen LogP contribution in [0.1, 0.15) is 25.0 Å². The summed E-state index contributed by atoms with van der Waals surface area (Å²) in [6.07, 6.45) is 4.09. The molecule has 2 N–H and O–H groups in total. The van der Waals surface area contributed by atoms with Crippen molar-refractivity contribution in [2.45, 2.75) is 43.6 Å². The van der Waals surface area contributed by atoms with Crippen molar-refractivity contribution in [3.05, 3.63) is 42.1 Å². The predicted molar refractivity (Wildman–Crippen MR) is 110 cm³/mol. The molecule has 164 valence electrons. The van der Waals surface area contributed by atoms with Crippen LogP contribution in [0.3, 0.4) is 0 Å². The van der Waals surface area contributed by atoms with Gasteiger partial charge in [-0.1, -0.05) is 0 Å². The Morgan fingerprint density at radius 2 is 2.16 bits per heavy atom. The number of nitrogens with one attached hydrogen (secondary N) is 1. The summed E-state index contributed by atoms with van der Waals surface area (Å²) in [5.74, 6) is -0.258. The highest BCUT2D eigenvalue weighted by Crippen LogP contribution is 2.33. The maximum Gasteiger partial charge on any atom is 0.198 e. The lowest BCUT2D eigenvalue weighted by molar-refractivity contribution is 0.176. The Labute approximate surface area is 182 Å². The highest BCUT2D eigenvalue weighted by atomic mass is 19.1. The summed E-state index contributed by atoms with van der Waals surface area (Å²) in [6.45, 7) is 0. The number of rotatable bonds is 4. The van der Waals surface area contributed by atoms with E-state index in [-0.39, 0.29) is 29.4 Å². The van der Waals surface area contributed by atoms with E-state index in [2.05, 4.69) is 25.6 Å². The van der Waals surface area contributed by atoms with E-state index in [0.29, 0.717) is 29.5 Å². The molecule has 2 aromatic heterocycles. The molecule has 0 radical (unpaired) electrons. The molecule has 4 heterocycles. The lowest BCUT2D eigenvalue weighted by Crippen LogP contribution is -2.55. The lowest BCUT2D eigenvalue weighted by Gasteiger charge is -2.38. The molecule has 32 heavy (non-hydrogen) atoms. The summed E-state index contributed by atoms with van der Waals surface area (Å²) in [6, 6.07) is 6.07. The number of halogens is 2. The van der Waals surface area contributed by atoms with Crippen LogP contribution in [0, 0.1) is 17.1 Å². The molecule has 3 aromatic rings. The highest BCUT2D eigenvalue weighted by molar-refractivity contribution is 5.66. The van der Waals surface area contributed by atoms with Gasteiger partial charge >= 0.3 is 0 Å². The van der Waals surface area contributed by atoms with Crippen molar-refractivity contribution in [3.8, 4) is 28.9 Å². The van der Waals surface area contributed by atoms with Crippen molar-refractivity contribution in [1.29, 1.82) is 5.26 Å². The average Bonchev–Trinajstić information content (AvgIpc) is 3.39. The van der Waals surface area contributed by atoms with Gasteiger partial charge in [0.15, 0.2) is 23.2 Å². The minimum Gasteiger partial charge on any atom is -0.507 e. The fourth-order valence-electron chi connectivity index (χ4n) is 4.49. The first-order valence-electron chi connectivity index (χ1n) is 10.3. The molecule has 2 aliphatic heterocycles. The predicted octanol–water partition coefficient (Wildman–Crippen LogP) is 2.11. The van der Waals surface area contributed by atoms with Crippen molar-refractivity contribution in [2.24, 2.45) is 0 Å². The van der Waals surface area contributed by atoms with Crippen LogP contribution in [-0.4, -0.2) is 61.4 Å². The van der Waals surface area contributed by atoms with Crippen LogP contribution in [0.5, 0.6) is 5.75 Å². The van der Waals surface area contributed by atoms with E-state index in [9.17, 15) is 13.9 Å². The van der Waals surface area contributed by atoms with E-state index < -0.39 is 12.0 Å². The molecule has 11 heteroatoms. The van der Waals surface area contributed by atoms with Gasteiger partial charge in [-0.25, -0.2) is 18.4 Å². The van der Waals surface area contributed by atoms with Crippen molar-refractivity contribution in [3.63, 3.8) is 0 Å². The maximum absolute atomic E-state index is 14.8. The number of benzene rings is 1. The average molecular weight is 438 g/mol. The molecule has 2 saturated heterocycles. The number of nitriles is 1. The molecule has 0 amide bonds. The van der Waals surface area contributed by atoms with Gasteiger partial charge in [0.2, 0.25) is 0 Å². The number of phenols is 1. The van der Waals surface area contributed by atoms with Gasteiger partial charge in [0, 0.05) is 25.2 Å². The van der Waals surface area contributed by atoms with E-state index in [1.807, 2.05) is 0 Å². The molecule has 2 bridgehead atoms. The molecular formula is C21H20F2N8O. The standard InChI is InChI=1S/C21H20F2N8O/c1-30(17-6-11-2-5-15(26-11)20(17)23)19-9-25-21(28-27-19)13-4-3-12(7-18(13)32)31-10-14(22)16(8-24)29-31/h3-4,7,9-11,15,17,20,26,32H,2,5-6H2,1H3/t11-,15+,17+,20-/m1/s1. The first-order chi connectivity index (χ1) is 15.4. The van der Waals surface area contributed by atoms with Crippen LogP contribution in [-0.2, 0) is 0 Å². The molecule has 0 saturated carbocycles. The van der Waals surface area contributed by atoms with Crippen LogP contribution in [0.25, 0.3) is 17.1 Å². The van der Waals surface area contributed by atoms with Gasteiger partial charge < -0.3 is 15.3 Å². The minimum absolute atomic E-state index is 0.121. The Hall–Kier alpha value is -3.65. The van der Waals surface area contributed by atoms with Crippen molar-refractivity contribution in [1.82, 2.24) is 30.3 Å². The van der Waals surface area contributed by atoms with Crippen molar-refractivity contribution < 1.29 is 13.9 Å². The fraction of sp³-hybridized carbons (Fsp3) is 0.381. The second-order valence-corrected chi connectivity index (χ2v) is 8.13.